The Morgan fingerprint density at radius 3 is 2.71 bits per heavy atom. The molecule has 0 atom stereocenters. The molecular weight excluding hydrogens is 395 g/mol. The number of benzene rings is 2. The van der Waals surface area contributed by atoms with E-state index < -0.39 is 0 Å². The molecule has 0 saturated heterocycles. The van der Waals surface area contributed by atoms with Gasteiger partial charge in [-0.1, -0.05) is 24.3 Å². The van der Waals surface area contributed by atoms with Gasteiger partial charge in [0.05, 0.1) is 17.9 Å². The van der Waals surface area contributed by atoms with E-state index >= 15 is 0 Å². The van der Waals surface area contributed by atoms with E-state index in [-0.39, 0.29) is 11.6 Å². The van der Waals surface area contributed by atoms with Crippen LogP contribution in [0.1, 0.15) is 5.89 Å². The van der Waals surface area contributed by atoms with Crippen LogP contribution in [0.4, 0.5) is 4.39 Å². The zero-order valence-electron chi connectivity index (χ0n) is 12.6. The lowest BCUT2D eigenvalue weighted by molar-refractivity contribution is 0.325. The minimum Gasteiger partial charge on any atom is -0.490 e. The number of para-hydroxylation sites is 1. The van der Waals surface area contributed by atoms with Crippen LogP contribution in [-0.2, 0) is 5.75 Å². The second kappa shape index (κ2) is 8.30. The average molecular weight is 409 g/mol. The van der Waals surface area contributed by atoms with Gasteiger partial charge in [-0.2, -0.15) is 0 Å². The van der Waals surface area contributed by atoms with Gasteiger partial charge in [-0.05, 0) is 40.2 Å². The largest absolute Gasteiger partial charge is 0.490 e. The summed E-state index contributed by atoms with van der Waals surface area (Å²) in [5.41, 5.74) is 0.865. The highest BCUT2D eigenvalue weighted by Gasteiger charge is 2.11. The van der Waals surface area contributed by atoms with Crippen LogP contribution in [0.15, 0.2) is 57.4 Å². The number of hydrogen-bond donors (Lipinski definition) is 0. The van der Waals surface area contributed by atoms with Crippen molar-refractivity contribution in [1.82, 2.24) is 10.2 Å². The molecule has 1 heterocycles. The first-order chi connectivity index (χ1) is 11.7. The van der Waals surface area contributed by atoms with Crippen molar-refractivity contribution in [2.24, 2.45) is 0 Å². The maximum absolute atomic E-state index is 13.4. The lowest BCUT2D eigenvalue weighted by atomic mass is 10.2. The van der Waals surface area contributed by atoms with Crippen molar-refractivity contribution in [3.8, 4) is 17.2 Å². The molecule has 0 saturated carbocycles. The van der Waals surface area contributed by atoms with Crippen molar-refractivity contribution in [3.05, 3.63) is 64.7 Å². The van der Waals surface area contributed by atoms with Gasteiger partial charge in [0.25, 0.3) is 0 Å². The van der Waals surface area contributed by atoms with E-state index in [4.69, 9.17) is 9.15 Å². The molecular formula is C17H14BrFN2O2S. The molecule has 124 valence electrons. The van der Waals surface area contributed by atoms with Crippen molar-refractivity contribution in [2.75, 3.05) is 12.4 Å². The molecule has 7 heteroatoms. The predicted octanol–water partition coefficient (Wildman–Crippen LogP) is 4.95. The molecule has 0 N–H and O–H groups in total. The average Bonchev–Trinajstić information content (AvgIpc) is 3.05. The van der Waals surface area contributed by atoms with E-state index in [2.05, 4.69) is 26.1 Å². The van der Waals surface area contributed by atoms with Crippen LogP contribution in [0.2, 0.25) is 0 Å². The Morgan fingerprint density at radius 2 is 1.88 bits per heavy atom. The SMILES string of the molecule is Fc1ccccc1OCCSCc1nnc(-c2ccccc2Br)o1. The fourth-order valence-corrected chi connectivity index (χ4v) is 3.08. The molecule has 0 aliphatic rings. The molecule has 0 spiro atoms. The molecule has 0 amide bonds. The zero-order chi connectivity index (χ0) is 16.8. The third-order valence-electron chi connectivity index (χ3n) is 3.12. The molecule has 3 rings (SSSR count). The van der Waals surface area contributed by atoms with Crippen molar-refractivity contribution < 1.29 is 13.5 Å². The van der Waals surface area contributed by atoms with Gasteiger partial charge in [-0.25, -0.2) is 4.39 Å². The van der Waals surface area contributed by atoms with E-state index in [1.54, 1.807) is 30.0 Å². The van der Waals surface area contributed by atoms with Crippen molar-refractivity contribution in [1.29, 1.82) is 0 Å². The topological polar surface area (TPSA) is 48.2 Å². The van der Waals surface area contributed by atoms with Gasteiger partial charge in [0, 0.05) is 10.2 Å². The Labute approximate surface area is 151 Å². The standard InChI is InChI=1S/C17H14BrFN2O2S/c18-13-6-2-1-5-12(13)17-21-20-16(23-17)11-24-10-9-22-15-8-4-3-7-14(15)19/h1-8H,9-11H2. The summed E-state index contributed by atoms with van der Waals surface area (Å²) >= 11 is 5.05. The Kier molecular flexibility index (Phi) is 5.87. The van der Waals surface area contributed by atoms with Crippen LogP contribution >= 0.6 is 27.7 Å². The Balaban J connectivity index is 1.46. The number of halogens is 2. The Morgan fingerprint density at radius 1 is 1.08 bits per heavy atom. The molecule has 1 aromatic heterocycles. The van der Waals surface area contributed by atoms with E-state index in [1.165, 1.54) is 6.07 Å². The molecule has 24 heavy (non-hydrogen) atoms. The molecule has 0 fully saturated rings. The van der Waals surface area contributed by atoms with Crippen molar-refractivity contribution in [3.63, 3.8) is 0 Å². The Hall–Kier alpha value is -1.86. The molecule has 0 bridgehead atoms. The highest BCUT2D eigenvalue weighted by Crippen LogP contribution is 2.27. The van der Waals surface area contributed by atoms with Crippen LogP contribution in [0.3, 0.4) is 0 Å². The van der Waals surface area contributed by atoms with E-state index in [1.807, 2.05) is 24.3 Å². The summed E-state index contributed by atoms with van der Waals surface area (Å²) in [6.45, 7) is 0.414. The first kappa shape index (κ1) is 17.0. The number of thioether (sulfide) groups is 1. The van der Waals surface area contributed by atoms with Crippen LogP contribution < -0.4 is 4.74 Å². The summed E-state index contributed by atoms with van der Waals surface area (Å²) in [5, 5.41) is 8.11. The van der Waals surface area contributed by atoms with E-state index in [0.29, 0.717) is 29.9 Å². The predicted molar refractivity (Wildman–Crippen MR) is 95.5 cm³/mol. The number of aromatic nitrogens is 2. The summed E-state index contributed by atoms with van der Waals surface area (Å²) in [5.74, 6) is 2.24. The third-order valence-corrected chi connectivity index (χ3v) is 4.72. The van der Waals surface area contributed by atoms with Crippen molar-refractivity contribution >= 4 is 27.7 Å². The normalized spacial score (nSPS) is 10.8. The number of rotatable bonds is 7. The molecule has 3 aromatic rings. The van der Waals surface area contributed by atoms with Gasteiger partial charge in [-0.3, -0.25) is 0 Å². The van der Waals surface area contributed by atoms with Gasteiger partial charge in [0.2, 0.25) is 11.8 Å². The van der Waals surface area contributed by atoms with E-state index in [9.17, 15) is 4.39 Å². The molecule has 0 aliphatic heterocycles. The van der Waals surface area contributed by atoms with Crippen LogP contribution in [0.25, 0.3) is 11.5 Å². The highest BCUT2D eigenvalue weighted by molar-refractivity contribution is 9.10. The molecule has 0 radical (unpaired) electrons. The lowest BCUT2D eigenvalue weighted by Gasteiger charge is -2.05. The molecule has 0 aliphatic carbocycles. The fourth-order valence-electron chi connectivity index (χ4n) is 1.99. The second-order valence-corrected chi connectivity index (χ2v) is 6.77. The Bertz CT molecular complexity index is 813. The van der Waals surface area contributed by atoms with Crippen LogP contribution in [0, 0.1) is 5.82 Å². The van der Waals surface area contributed by atoms with Crippen molar-refractivity contribution in [2.45, 2.75) is 5.75 Å². The minimum atomic E-state index is -0.350. The minimum absolute atomic E-state index is 0.270. The van der Waals surface area contributed by atoms with Gasteiger partial charge in [0.1, 0.15) is 0 Å². The van der Waals surface area contributed by atoms with Crippen LogP contribution in [-0.4, -0.2) is 22.6 Å². The number of hydrogen-bond acceptors (Lipinski definition) is 5. The second-order valence-electron chi connectivity index (χ2n) is 4.81. The third kappa shape index (κ3) is 4.36. The molecule has 0 unspecified atom stereocenters. The van der Waals surface area contributed by atoms with Crippen LogP contribution in [0.5, 0.6) is 5.75 Å². The summed E-state index contributed by atoms with van der Waals surface area (Å²) in [7, 11) is 0. The van der Waals surface area contributed by atoms with Gasteiger partial charge in [0.15, 0.2) is 11.6 Å². The van der Waals surface area contributed by atoms with Gasteiger partial charge >= 0.3 is 0 Å². The number of ether oxygens (including phenoxy) is 1. The monoisotopic (exact) mass is 408 g/mol. The van der Waals surface area contributed by atoms with Gasteiger partial charge in [-0.15, -0.1) is 22.0 Å². The zero-order valence-corrected chi connectivity index (χ0v) is 15.0. The maximum atomic E-state index is 13.4. The summed E-state index contributed by atoms with van der Waals surface area (Å²) in [6.07, 6.45) is 0. The summed E-state index contributed by atoms with van der Waals surface area (Å²) in [4.78, 5) is 0. The first-order valence-corrected chi connectivity index (χ1v) is 9.21. The lowest BCUT2D eigenvalue weighted by Crippen LogP contribution is -2.01. The van der Waals surface area contributed by atoms with E-state index in [0.717, 1.165) is 10.0 Å². The molecule has 4 nitrogen and oxygen atoms in total. The highest BCUT2D eigenvalue weighted by atomic mass is 79.9. The first-order valence-electron chi connectivity index (χ1n) is 7.26. The fraction of sp³-hybridized carbons (Fsp3) is 0.176. The molecule has 2 aromatic carbocycles. The summed E-state index contributed by atoms with van der Waals surface area (Å²) in [6, 6.07) is 14.1. The quantitative estimate of drug-likeness (QED) is 0.517. The van der Waals surface area contributed by atoms with Gasteiger partial charge < -0.3 is 9.15 Å². The number of nitrogens with zero attached hydrogens (tertiary/aromatic N) is 2. The smallest absolute Gasteiger partial charge is 0.248 e. The summed E-state index contributed by atoms with van der Waals surface area (Å²) < 4.78 is 25.4. The maximum Gasteiger partial charge on any atom is 0.248 e.